The van der Waals surface area contributed by atoms with Gasteiger partial charge in [-0.15, -0.1) is 0 Å². The summed E-state index contributed by atoms with van der Waals surface area (Å²) in [6.45, 7) is 4.06. The van der Waals surface area contributed by atoms with E-state index < -0.39 is 15.6 Å². The predicted octanol–water partition coefficient (Wildman–Crippen LogP) is 0.863. The summed E-state index contributed by atoms with van der Waals surface area (Å²) in [6, 6.07) is 5.56. The van der Waals surface area contributed by atoms with Gasteiger partial charge in [0, 0.05) is 19.1 Å². The quantitative estimate of drug-likeness (QED) is 0.715. The van der Waals surface area contributed by atoms with Crippen LogP contribution in [0.5, 0.6) is 0 Å². The molecule has 1 rings (SSSR count). The minimum Gasteiger partial charge on any atom is -0.373 e. The van der Waals surface area contributed by atoms with Crippen molar-refractivity contribution < 1.29 is 8.42 Å². The highest BCUT2D eigenvalue weighted by molar-refractivity contribution is 7.88. The minimum atomic E-state index is -3.22. The average molecular weight is 272 g/mol. The number of aromatic nitrogens is 1. The van der Waals surface area contributed by atoms with Crippen LogP contribution in [0.1, 0.15) is 13.8 Å². The molecule has 0 radical (unpaired) electrons. The van der Waals surface area contributed by atoms with E-state index in [2.05, 4.69) is 20.3 Å². The van der Waals surface area contributed by atoms with E-state index in [4.69, 9.17) is 0 Å². The lowest BCUT2D eigenvalue weighted by molar-refractivity contribution is 0.476. The summed E-state index contributed by atoms with van der Waals surface area (Å²) in [5.74, 6) is 1.46. The second-order valence-corrected chi connectivity index (χ2v) is 6.52. The van der Waals surface area contributed by atoms with Crippen LogP contribution in [0.4, 0.5) is 11.6 Å². The summed E-state index contributed by atoms with van der Waals surface area (Å²) in [5.41, 5.74) is -0.578. The Hall–Kier alpha value is -1.34. The van der Waals surface area contributed by atoms with Crippen LogP contribution in [0.2, 0.25) is 0 Å². The van der Waals surface area contributed by atoms with Crippen molar-refractivity contribution in [1.82, 2.24) is 9.71 Å². The van der Waals surface area contributed by atoms with Crippen molar-refractivity contribution >= 4 is 21.7 Å². The summed E-state index contributed by atoms with van der Waals surface area (Å²) in [7, 11) is -1.43. The normalized spacial score (nSPS) is 12.2. The third kappa shape index (κ3) is 5.33. The zero-order valence-corrected chi connectivity index (χ0v) is 11.9. The fourth-order valence-corrected chi connectivity index (χ4v) is 2.60. The summed E-state index contributed by atoms with van der Waals surface area (Å²) in [6.07, 6.45) is 1.15. The van der Waals surface area contributed by atoms with Crippen molar-refractivity contribution in [3.05, 3.63) is 18.2 Å². The molecule has 7 heteroatoms. The zero-order chi connectivity index (χ0) is 13.8. The Morgan fingerprint density at radius 2 is 1.89 bits per heavy atom. The first-order chi connectivity index (χ1) is 8.22. The highest BCUT2D eigenvalue weighted by Gasteiger charge is 2.21. The van der Waals surface area contributed by atoms with Crippen molar-refractivity contribution in [2.75, 3.05) is 30.5 Å². The van der Waals surface area contributed by atoms with Gasteiger partial charge in [-0.2, -0.15) is 0 Å². The molecule has 0 amide bonds. The number of nitrogens with zero attached hydrogens (tertiary/aromatic N) is 1. The van der Waals surface area contributed by atoms with Gasteiger partial charge in [-0.3, -0.25) is 0 Å². The topological polar surface area (TPSA) is 83.1 Å². The van der Waals surface area contributed by atoms with Crippen LogP contribution in [0.3, 0.4) is 0 Å². The number of sulfonamides is 1. The molecule has 3 N–H and O–H groups in total. The average Bonchev–Trinajstić information content (AvgIpc) is 2.24. The number of pyridine rings is 1. The molecule has 0 unspecified atom stereocenters. The third-order valence-electron chi connectivity index (χ3n) is 2.18. The zero-order valence-electron chi connectivity index (χ0n) is 11.1. The molecule has 102 valence electrons. The molecule has 18 heavy (non-hydrogen) atoms. The van der Waals surface area contributed by atoms with E-state index in [0.717, 1.165) is 12.1 Å². The Morgan fingerprint density at radius 1 is 1.28 bits per heavy atom. The molecule has 0 aliphatic carbocycles. The molecule has 0 fully saturated rings. The van der Waals surface area contributed by atoms with E-state index in [0.29, 0.717) is 12.4 Å². The lowest BCUT2D eigenvalue weighted by atomic mass is 10.1. The highest BCUT2D eigenvalue weighted by Crippen LogP contribution is 2.11. The van der Waals surface area contributed by atoms with E-state index >= 15 is 0 Å². The first kappa shape index (κ1) is 14.7. The monoisotopic (exact) mass is 272 g/mol. The highest BCUT2D eigenvalue weighted by atomic mass is 32.2. The smallest absolute Gasteiger partial charge is 0.209 e. The molecule has 0 spiro atoms. The van der Waals surface area contributed by atoms with Gasteiger partial charge in [0.25, 0.3) is 0 Å². The predicted molar refractivity (Wildman–Crippen MR) is 74.3 cm³/mol. The maximum atomic E-state index is 11.2. The van der Waals surface area contributed by atoms with Gasteiger partial charge in [0.2, 0.25) is 10.0 Å². The van der Waals surface area contributed by atoms with E-state index in [-0.39, 0.29) is 0 Å². The molecule has 0 saturated carbocycles. The van der Waals surface area contributed by atoms with Gasteiger partial charge in [-0.25, -0.2) is 18.1 Å². The number of anilines is 2. The summed E-state index contributed by atoms with van der Waals surface area (Å²) in [4.78, 5) is 4.29. The van der Waals surface area contributed by atoms with E-state index in [9.17, 15) is 8.42 Å². The van der Waals surface area contributed by atoms with Gasteiger partial charge in [0.05, 0.1) is 6.26 Å². The maximum absolute atomic E-state index is 11.2. The van der Waals surface area contributed by atoms with Crippen molar-refractivity contribution in [2.24, 2.45) is 0 Å². The van der Waals surface area contributed by atoms with Gasteiger partial charge in [0.1, 0.15) is 11.6 Å². The van der Waals surface area contributed by atoms with Crippen molar-refractivity contribution in [3.63, 3.8) is 0 Å². The van der Waals surface area contributed by atoms with E-state index in [1.165, 1.54) is 0 Å². The van der Waals surface area contributed by atoms with E-state index in [1.807, 2.05) is 32.0 Å². The lowest BCUT2D eigenvalue weighted by Crippen LogP contribution is -2.47. The first-order valence-corrected chi connectivity index (χ1v) is 7.49. The van der Waals surface area contributed by atoms with Crippen molar-refractivity contribution in [2.45, 2.75) is 19.4 Å². The van der Waals surface area contributed by atoms with Crippen molar-refractivity contribution in [1.29, 1.82) is 0 Å². The molecule has 0 bridgehead atoms. The van der Waals surface area contributed by atoms with Gasteiger partial charge in [0.15, 0.2) is 0 Å². The Bertz CT molecular complexity index is 500. The van der Waals surface area contributed by atoms with Gasteiger partial charge >= 0.3 is 0 Å². The van der Waals surface area contributed by atoms with Crippen LogP contribution in [-0.2, 0) is 10.0 Å². The van der Waals surface area contributed by atoms with E-state index in [1.54, 1.807) is 7.05 Å². The molecule has 0 aromatic carbocycles. The van der Waals surface area contributed by atoms with Gasteiger partial charge in [-0.05, 0) is 26.0 Å². The molecule has 0 saturated heterocycles. The molecular formula is C11H20N4O2S. The summed E-state index contributed by atoms with van der Waals surface area (Å²) < 4.78 is 24.9. The Morgan fingerprint density at radius 3 is 2.44 bits per heavy atom. The molecule has 1 heterocycles. The van der Waals surface area contributed by atoms with Crippen LogP contribution in [-0.4, -0.2) is 38.8 Å². The van der Waals surface area contributed by atoms with Crippen LogP contribution in [0, 0.1) is 0 Å². The minimum absolute atomic E-state index is 0.445. The fraction of sp³-hybridized carbons (Fsp3) is 0.545. The largest absolute Gasteiger partial charge is 0.373 e. The van der Waals surface area contributed by atoms with Crippen LogP contribution >= 0.6 is 0 Å². The number of hydrogen-bond donors (Lipinski definition) is 3. The molecule has 1 aromatic heterocycles. The first-order valence-electron chi connectivity index (χ1n) is 5.59. The fourth-order valence-electron chi connectivity index (χ4n) is 1.52. The second kappa shape index (κ2) is 5.53. The Labute approximate surface area is 108 Å². The summed E-state index contributed by atoms with van der Waals surface area (Å²) in [5, 5.41) is 6.04. The van der Waals surface area contributed by atoms with Crippen molar-refractivity contribution in [3.8, 4) is 0 Å². The Balaban J connectivity index is 2.63. The molecular weight excluding hydrogens is 252 g/mol. The summed E-state index contributed by atoms with van der Waals surface area (Å²) >= 11 is 0. The molecule has 1 aromatic rings. The standard InChI is InChI=1S/C11H20N4O2S/c1-11(2,15-18(4,16)17)8-13-10-7-5-6-9(12-3)14-10/h5-7,15H,8H2,1-4H3,(H2,12,13,14). The molecule has 6 nitrogen and oxygen atoms in total. The SMILES string of the molecule is CNc1cccc(NCC(C)(C)NS(C)(=O)=O)n1. The third-order valence-corrected chi connectivity index (χ3v) is 3.10. The maximum Gasteiger partial charge on any atom is 0.209 e. The molecule has 0 atom stereocenters. The van der Waals surface area contributed by atoms with Crippen LogP contribution < -0.4 is 15.4 Å². The second-order valence-electron chi connectivity index (χ2n) is 4.77. The van der Waals surface area contributed by atoms with Gasteiger partial charge < -0.3 is 10.6 Å². The number of rotatable bonds is 6. The lowest BCUT2D eigenvalue weighted by Gasteiger charge is -2.25. The number of nitrogens with one attached hydrogen (secondary N) is 3. The number of hydrogen-bond acceptors (Lipinski definition) is 5. The van der Waals surface area contributed by atoms with Crippen LogP contribution in [0.25, 0.3) is 0 Å². The van der Waals surface area contributed by atoms with Crippen LogP contribution in [0.15, 0.2) is 18.2 Å². The van der Waals surface area contributed by atoms with Gasteiger partial charge in [-0.1, -0.05) is 6.07 Å². The molecule has 0 aliphatic rings. The Kier molecular flexibility index (Phi) is 4.53. The molecule has 0 aliphatic heterocycles.